The van der Waals surface area contributed by atoms with Crippen molar-refractivity contribution < 1.29 is 4.79 Å². The lowest BCUT2D eigenvalue weighted by atomic mass is 9.85. The van der Waals surface area contributed by atoms with E-state index in [9.17, 15) is 4.79 Å². The Morgan fingerprint density at radius 2 is 1.09 bits per heavy atom. The van der Waals surface area contributed by atoms with E-state index < -0.39 is 0 Å². The predicted octanol–water partition coefficient (Wildman–Crippen LogP) is 10.8. The number of aryl methyl sites for hydroxylation is 8. The summed E-state index contributed by atoms with van der Waals surface area (Å²) in [6.07, 6.45) is 0. The van der Waals surface area contributed by atoms with Gasteiger partial charge in [0.25, 0.3) is 0 Å². The van der Waals surface area contributed by atoms with Crippen molar-refractivity contribution in [2.75, 3.05) is 11.9 Å². The molecule has 0 aromatic heterocycles. The van der Waals surface area contributed by atoms with Crippen LogP contribution in [-0.2, 0) is 0 Å². The van der Waals surface area contributed by atoms with E-state index in [4.69, 9.17) is 0 Å². The van der Waals surface area contributed by atoms with Crippen molar-refractivity contribution >= 4 is 17.2 Å². The fraction of sp³-hybridized carbons (Fsp3) is 0.244. The molecule has 0 amide bonds. The van der Waals surface area contributed by atoms with E-state index >= 15 is 0 Å². The van der Waals surface area contributed by atoms with Crippen molar-refractivity contribution in [3.8, 4) is 22.3 Å². The Kier molecular flexibility index (Phi) is 8.16. The third-order valence-electron chi connectivity index (χ3n) is 8.85. The van der Waals surface area contributed by atoms with Gasteiger partial charge in [-0.1, -0.05) is 59.7 Å². The van der Waals surface area contributed by atoms with Crippen molar-refractivity contribution in [3.05, 3.63) is 140 Å². The molecule has 5 rings (SSSR count). The van der Waals surface area contributed by atoms with Crippen molar-refractivity contribution in [2.24, 2.45) is 0 Å². The number of hydrogen-bond donors (Lipinski definition) is 0. The molecule has 0 fully saturated rings. The van der Waals surface area contributed by atoms with Gasteiger partial charge >= 0.3 is 0 Å². The van der Waals surface area contributed by atoms with Crippen LogP contribution >= 0.6 is 0 Å². The second-order valence-electron chi connectivity index (χ2n) is 12.4. The lowest BCUT2D eigenvalue weighted by molar-refractivity contribution is 0.103. The van der Waals surface area contributed by atoms with Crippen molar-refractivity contribution in [3.63, 3.8) is 0 Å². The maximum absolute atomic E-state index is 14.3. The van der Waals surface area contributed by atoms with E-state index in [1.54, 1.807) is 0 Å². The number of ketones is 1. The zero-order valence-corrected chi connectivity index (χ0v) is 27.4. The number of nitrogens with zero attached hydrogens (tertiary/aromatic N) is 1. The maximum Gasteiger partial charge on any atom is 0.193 e. The molecule has 0 saturated heterocycles. The van der Waals surface area contributed by atoms with Crippen molar-refractivity contribution in [2.45, 2.75) is 62.3 Å². The zero-order valence-electron chi connectivity index (χ0n) is 27.4. The minimum absolute atomic E-state index is 0.0729. The summed E-state index contributed by atoms with van der Waals surface area (Å²) in [6.45, 7) is 19.2. The van der Waals surface area contributed by atoms with Crippen LogP contribution in [0.2, 0.25) is 0 Å². The van der Waals surface area contributed by atoms with E-state index in [1.165, 1.54) is 55.8 Å². The Bertz CT molecular complexity index is 1830. The summed E-state index contributed by atoms with van der Waals surface area (Å²) in [5.41, 5.74) is 18.9. The number of benzene rings is 5. The monoisotopic (exact) mass is 565 g/mol. The van der Waals surface area contributed by atoms with E-state index in [0.717, 1.165) is 39.1 Å². The first-order valence-electron chi connectivity index (χ1n) is 15.1. The Labute approximate surface area is 258 Å². The number of hydrogen-bond acceptors (Lipinski definition) is 2. The van der Waals surface area contributed by atoms with Crippen LogP contribution in [0.15, 0.2) is 78.9 Å². The van der Waals surface area contributed by atoms with Crippen LogP contribution in [0, 0.1) is 62.3 Å². The second-order valence-corrected chi connectivity index (χ2v) is 12.4. The third kappa shape index (κ3) is 5.67. The van der Waals surface area contributed by atoms with Gasteiger partial charge in [-0.25, -0.2) is 0 Å². The number of carbonyl (C=O) groups excluding carboxylic acids is 1. The Balaban J connectivity index is 1.78. The highest BCUT2D eigenvalue weighted by Gasteiger charge is 2.22. The lowest BCUT2D eigenvalue weighted by Crippen LogP contribution is -2.13. The van der Waals surface area contributed by atoms with Gasteiger partial charge in [0.2, 0.25) is 0 Å². The third-order valence-corrected chi connectivity index (χ3v) is 8.85. The van der Waals surface area contributed by atoms with E-state index in [-0.39, 0.29) is 5.78 Å². The molecule has 0 saturated carbocycles. The molecule has 43 heavy (non-hydrogen) atoms. The largest absolute Gasteiger partial charge is 0.344 e. The quantitative estimate of drug-likeness (QED) is 0.191. The Hall–Kier alpha value is -4.43. The van der Waals surface area contributed by atoms with Gasteiger partial charge in [-0.15, -0.1) is 0 Å². The first-order valence-corrected chi connectivity index (χ1v) is 15.1. The van der Waals surface area contributed by atoms with Crippen LogP contribution in [-0.4, -0.2) is 12.8 Å². The summed E-state index contributed by atoms with van der Waals surface area (Å²) in [7, 11) is 2.14. The first-order chi connectivity index (χ1) is 20.4. The fourth-order valence-electron chi connectivity index (χ4n) is 7.03. The summed E-state index contributed by atoms with van der Waals surface area (Å²) >= 11 is 0. The molecule has 0 unspecified atom stereocenters. The van der Waals surface area contributed by atoms with Gasteiger partial charge in [0.05, 0.1) is 0 Å². The van der Waals surface area contributed by atoms with Crippen LogP contribution in [0.4, 0.5) is 11.4 Å². The normalized spacial score (nSPS) is 11.1. The number of anilines is 2. The van der Waals surface area contributed by atoms with Crippen LogP contribution < -0.4 is 4.90 Å². The highest BCUT2D eigenvalue weighted by Crippen LogP contribution is 2.41. The number of carbonyl (C=O) groups is 1. The molecule has 0 spiro atoms. The SMILES string of the molecule is Cc1ccc(N(C)c2c(C)cc(C)c(-c3cc(C(=O)c4c(C)cc(C)cc4C)cc(-c4c(C)cccc4C)c3)c2C)cc1. The van der Waals surface area contributed by atoms with Gasteiger partial charge in [-0.3, -0.25) is 4.79 Å². The summed E-state index contributed by atoms with van der Waals surface area (Å²) in [5.74, 6) is 0.0729. The molecule has 0 aliphatic carbocycles. The molecule has 2 nitrogen and oxygen atoms in total. The van der Waals surface area contributed by atoms with Crippen LogP contribution in [0.1, 0.15) is 66.0 Å². The molecule has 5 aromatic carbocycles. The highest BCUT2D eigenvalue weighted by atomic mass is 16.1. The summed E-state index contributed by atoms with van der Waals surface area (Å²) in [6, 6.07) is 28.1. The zero-order chi connectivity index (χ0) is 31.2. The minimum Gasteiger partial charge on any atom is -0.344 e. The molecule has 0 N–H and O–H groups in total. The lowest BCUT2D eigenvalue weighted by Gasteiger charge is -2.27. The second kappa shape index (κ2) is 11.7. The van der Waals surface area contributed by atoms with Gasteiger partial charge in [0.15, 0.2) is 5.78 Å². The van der Waals surface area contributed by atoms with Crippen LogP contribution in [0.25, 0.3) is 22.3 Å². The standard InChI is InChI=1S/C41H43NO/c1-24-14-16-36(17-15-24)42(10)40-31(8)20-30(7)39(32(40)9)34-21-33(37-26(3)12-11-13-27(37)4)22-35(23-34)41(43)38-28(5)18-25(2)19-29(38)6/h11-23H,1-10H3. The average molecular weight is 566 g/mol. The van der Waals surface area contributed by atoms with E-state index in [2.05, 4.69) is 139 Å². The van der Waals surface area contributed by atoms with Gasteiger partial charge in [-0.05, 0) is 154 Å². The first kappa shape index (κ1) is 30.0. The smallest absolute Gasteiger partial charge is 0.193 e. The number of rotatable bonds is 6. The Morgan fingerprint density at radius 1 is 0.535 bits per heavy atom. The maximum atomic E-state index is 14.3. The molecule has 0 radical (unpaired) electrons. The molecule has 0 aliphatic heterocycles. The topological polar surface area (TPSA) is 20.3 Å². The molecule has 0 aliphatic rings. The van der Waals surface area contributed by atoms with E-state index in [0.29, 0.717) is 0 Å². The van der Waals surface area contributed by atoms with Crippen molar-refractivity contribution in [1.29, 1.82) is 0 Å². The molecule has 5 aromatic rings. The van der Waals surface area contributed by atoms with E-state index in [1.807, 2.05) is 13.8 Å². The summed E-state index contributed by atoms with van der Waals surface area (Å²) < 4.78 is 0. The molecular formula is C41H43NO. The molecular weight excluding hydrogens is 522 g/mol. The summed E-state index contributed by atoms with van der Waals surface area (Å²) in [4.78, 5) is 16.6. The molecule has 0 heterocycles. The minimum atomic E-state index is 0.0729. The van der Waals surface area contributed by atoms with Crippen LogP contribution in [0.5, 0.6) is 0 Å². The fourth-order valence-corrected chi connectivity index (χ4v) is 7.03. The molecule has 0 atom stereocenters. The molecule has 2 heteroatoms. The predicted molar refractivity (Wildman–Crippen MR) is 184 cm³/mol. The van der Waals surface area contributed by atoms with Gasteiger partial charge < -0.3 is 4.90 Å². The van der Waals surface area contributed by atoms with Gasteiger partial charge in [0.1, 0.15) is 0 Å². The molecule has 0 bridgehead atoms. The summed E-state index contributed by atoms with van der Waals surface area (Å²) in [5, 5.41) is 0. The van der Waals surface area contributed by atoms with Crippen molar-refractivity contribution in [1.82, 2.24) is 0 Å². The van der Waals surface area contributed by atoms with Crippen LogP contribution in [0.3, 0.4) is 0 Å². The molecule has 218 valence electrons. The van der Waals surface area contributed by atoms with Gasteiger partial charge in [-0.2, -0.15) is 0 Å². The highest BCUT2D eigenvalue weighted by molar-refractivity contribution is 6.12. The van der Waals surface area contributed by atoms with Gasteiger partial charge in [0, 0.05) is 29.5 Å². The average Bonchev–Trinajstić information content (AvgIpc) is 2.92. The Morgan fingerprint density at radius 3 is 1.67 bits per heavy atom.